The summed E-state index contributed by atoms with van der Waals surface area (Å²) in [6, 6.07) is 1.78. The fourth-order valence-electron chi connectivity index (χ4n) is 2.28. The first-order valence-electron chi connectivity index (χ1n) is 7.22. The Morgan fingerprint density at radius 2 is 1.95 bits per heavy atom. The summed E-state index contributed by atoms with van der Waals surface area (Å²) in [5.41, 5.74) is 0. The van der Waals surface area contributed by atoms with E-state index in [1.165, 1.54) is 0 Å². The molecular weight excluding hydrogens is 295 g/mol. The van der Waals surface area contributed by atoms with E-state index >= 15 is 0 Å². The first kappa shape index (κ1) is 16.5. The molecule has 0 fully saturated rings. The molecule has 2 aromatic rings. The van der Waals surface area contributed by atoms with Crippen LogP contribution in [0.25, 0.3) is 0 Å². The third kappa shape index (κ3) is 4.57. The van der Waals surface area contributed by atoms with Crippen LogP contribution in [0.2, 0.25) is 0 Å². The largest absolute Gasteiger partial charge is 0.408 e. The van der Waals surface area contributed by atoms with Crippen molar-refractivity contribution in [1.82, 2.24) is 24.5 Å². The number of nitrogens with zero attached hydrogens (tertiary/aromatic N) is 5. The minimum absolute atomic E-state index is 0.212. The van der Waals surface area contributed by atoms with Gasteiger partial charge in [0.15, 0.2) is 5.82 Å². The summed E-state index contributed by atoms with van der Waals surface area (Å²) in [7, 11) is 0. The van der Waals surface area contributed by atoms with Gasteiger partial charge in [0.05, 0.1) is 6.54 Å². The summed E-state index contributed by atoms with van der Waals surface area (Å²) < 4.78 is 40.8. The SMILES string of the molecule is CC(C)Cc1nc(C(C)Cn2cccn2)n(CC(F)(F)F)n1. The summed E-state index contributed by atoms with van der Waals surface area (Å²) >= 11 is 0. The first-order valence-corrected chi connectivity index (χ1v) is 7.22. The Morgan fingerprint density at radius 1 is 1.23 bits per heavy atom. The zero-order valence-electron chi connectivity index (χ0n) is 12.9. The molecule has 22 heavy (non-hydrogen) atoms. The van der Waals surface area contributed by atoms with Gasteiger partial charge < -0.3 is 0 Å². The molecule has 8 heteroatoms. The van der Waals surface area contributed by atoms with Crippen LogP contribution in [0.4, 0.5) is 13.2 Å². The van der Waals surface area contributed by atoms with Crippen LogP contribution >= 0.6 is 0 Å². The molecule has 2 heterocycles. The Hall–Kier alpha value is -1.86. The van der Waals surface area contributed by atoms with Crippen LogP contribution in [0.1, 0.15) is 38.3 Å². The van der Waals surface area contributed by atoms with Gasteiger partial charge in [0.1, 0.15) is 12.4 Å². The van der Waals surface area contributed by atoms with E-state index < -0.39 is 12.7 Å². The number of aromatic nitrogens is 5. The lowest BCUT2D eigenvalue weighted by atomic mass is 10.1. The number of halogens is 3. The van der Waals surface area contributed by atoms with Crippen molar-refractivity contribution in [3.8, 4) is 0 Å². The average molecular weight is 315 g/mol. The smallest absolute Gasteiger partial charge is 0.272 e. The van der Waals surface area contributed by atoms with Crippen LogP contribution < -0.4 is 0 Å². The fraction of sp³-hybridized carbons (Fsp3) is 0.643. The number of hydrogen-bond acceptors (Lipinski definition) is 3. The molecule has 0 amide bonds. The highest BCUT2D eigenvalue weighted by atomic mass is 19.4. The highest BCUT2D eigenvalue weighted by Crippen LogP contribution is 2.22. The van der Waals surface area contributed by atoms with Gasteiger partial charge in [-0.2, -0.15) is 23.4 Å². The van der Waals surface area contributed by atoms with Crippen LogP contribution in [0.3, 0.4) is 0 Å². The van der Waals surface area contributed by atoms with Crippen molar-refractivity contribution in [2.24, 2.45) is 5.92 Å². The Balaban J connectivity index is 2.24. The molecule has 1 atom stereocenters. The van der Waals surface area contributed by atoms with Gasteiger partial charge in [-0.05, 0) is 12.0 Å². The summed E-state index contributed by atoms with van der Waals surface area (Å²) in [5.74, 6) is 0.886. The monoisotopic (exact) mass is 315 g/mol. The van der Waals surface area contributed by atoms with Gasteiger partial charge in [-0.1, -0.05) is 20.8 Å². The van der Waals surface area contributed by atoms with Crippen molar-refractivity contribution in [2.45, 2.75) is 52.4 Å². The third-order valence-corrected chi connectivity index (χ3v) is 3.12. The van der Waals surface area contributed by atoms with E-state index in [0.29, 0.717) is 24.6 Å². The molecule has 0 radical (unpaired) electrons. The van der Waals surface area contributed by atoms with Crippen molar-refractivity contribution in [2.75, 3.05) is 0 Å². The van der Waals surface area contributed by atoms with E-state index in [-0.39, 0.29) is 11.8 Å². The summed E-state index contributed by atoms with van der Waals surface area (Å²) in [4.78, 5) is 4.33. The molecule has 1 unspecified atom stereocenters. The molecule has 5 nitrogen and oxygen atoms in total. The van der Waals surface area contributed by atoms with Crippen LogP contribution in [-0.4, -0.2) is 30.7 Å². The maximum absolute atomic E-state index is 12.7. The normalized spacial score (nSPS) is 13.8. The third-order valence-electron chi connectivity index (χ3n) is 3.12. The molecule has 0 aliphatic carbocycles. The van der Waals surface area contributed by atoms with Gasteiger partial charge in [-0.3, -0.25) is 4.68 Å². The van der Waals surface area contributed by atoms with E-state index in [1.54, 1.807) is 23.1 Å². The van der Waals surface area contributed by atoms with Gasteiger partial charge >= 0.3 is 6.18 Å². The molecule has 0 aromatic carbocycles. The molecular formula is C14H20F3N5. The lowest BCUT2D eigenvalue weighted by Crippen LogP contribution is -2.22. The molecule has 122 valence electrons. The van der Waals surface area contributed by atoms with Gasteiger partial charge in [0, 0.05) is 24.7 Å². The fourth-order valence-corrected chi connectivity index (χ4v) is 2.28. The van der Waals surface area contributed by atoms with Crippen molar-refractivity contribution in [3.63, 3.8) is 0 Å². The predicted molar refractivity (Wildman–Crippen MR) is 75.3 cm³/mol. The van der Waals surface area contributed by atoms with Crippen LogP contribution in [-0.2, 0) is 19.5 Å². The van der Waals surface area contributed by atoms with Crippen LogP contribution in [0, 0.1) is 5.92 Å². The minimum Gasteiger partial charge on any atom is -0.272 e. The van der Waals surface area contributed by atoms with E-state index in [2.05, 4.69) is 15.2 Å². The average Bonchev–Trinajstić information content (AvgIpc) is 2.96. The van der Waals surface area contributed by atoms with Crippen molar-refractivity contribution >= 4 is 0 Å². The van der Waals surface area contributed by atoms with Gasteiger partial charge in [0.25, 0.3) is 0 Å². The lowest BCUT2D eigenvalue weighted by molar-refractivity contribution is -0.143. The lowest BCUT2D eigenvalue weighted by Gasteiger charge is -2.14. The maximum Gasteiger partial charge on any atom is 0.408 e. The molecule has 0 saturated carbocycles. The second kappa shape index (κ2) is 6.50. The number of hydrogen-bond donors (Lipinski definition) is 0. The Bertz CT molecular complexity index is 586. The second-order valence-corrected chi connectivity index (χ2v) is 5.89. The van der Waals surface area contributed by atoms with E-state index in [4.69, 9.17) is 0 Å². The highest BCUT2D eigenvalue weighted by molar-refractivity contribution is 5.00. The van der Waals surface area contributed by atoms with E-state index in [9.17, 15) is 13.2 Å². The summed E-state index contributed by atoms with van der Waals surface area (Å²) in [6.07, 6.45) is -0.345. The molecule has 0 aliphatic heterocycles. The molecule has 0 bridgehead atoms. The van der Waals surface area contributed by atoms with Crippen molar-refractivity contribution in [3.05, 3.63) is 30.1 Å². The van der Waals surface area contributed by atoms with Crippen molar-refractivity contribution < 1.29 is 13.2 Å². The zero-order chi connectivity index (χ0) is 16.3. The minimum atomic E-state index is -4.32. The quantitative estimate of drug-likeness (QED) is 0.823. The van der Waals surface area contributed by atoms with Gasteiger partial charge in [0.2, 0.25) is 0 Å². The molecule has 0 saturated heterocycles. The topological polar surface area (TPSA) is 48.5 Å². The van der Waals surface area contributed by atoms with Crippen molar-refractivity contribution in [1.29, 1.82) is 0 Å². The standard InChI is InChI=1S/C14H20F3N5/c1-10(2)7-12-19-13(22(20-12)9-14(15,16)17)11(3)8-21-6-4-5-18-21/h4-6,10-11H,7-9H2,1-3H3. The molecule has 0 N–H and O–H groups in total. The van der Waals surface area contributed by atoms with Gasteiger partial charge in [-0.25, -0.2) is 9.67 Å². The Labute approximate surface area is 127 Å². The zero-order valence-corrected chi connectivity index (χ0v) is 12.9. The molecule has 0 aliphatic rings. The molecule has 2 rings (SSSR count). The molecule has 0 spiro atoms. The van der Waals surface area contributed by atoms with Crippen LogP contribution in [0.15, 0.2) is 18.5 Å². The predicted octanol–water partition coefficient (Wildman–Crippen LogP) is 3.04. The number of rotatable bonds is 6. The Morgan fingerprint density at radius 3 is 2.50 bits per heavy atom. The summed E-state index contributed by atoms with van der Waals surface area (Å²) in [6.45, 7) is 5.15. The maximum atomic E-state index is 12.7. The Kier molecular flexibility index (Phi) is 4.87. The van der Waals surface area contributed by atoms with Crippen LogP contribution in [0.5, 0.6) is 0 Å². The number of alkyl halides is 3. The van der Waals surface area contributed by atoms with E-state index in [1.807, 2.05) is 20.8 Å². The summed E-state index contributed by atoms with van der Waals surface area (Å²) in [5, 5.41) is 8.12. The van der Waals surface area contributed by atoms with Gasteiger partial charge in [-0.15, -0.1) is 0 Å². The second-order valence-electron chi connectivity index (χ2n) is 5.89. The van der Waals surface area contributed by atoms with E-state index in [0.717, 1.165) is 4.68 Å². The first-order chi connectivity index (χ1) is 10.2. The molecule has 2 aromatic heterocycles. The highest BCUT2D eigenvalue weighted by Gasteiger charge is 2.31.